The lowest BCUT2D eigenvalue weighted by molar-refractivity contribution is -0.132. The predicted octanol–water partition coefficient (Wildman–Crippen LogP) is 1.50. The number of nitrogens with zero attached hydrogens (tertiary/aromatic N) is 1. The topological polar surface area (TPSA) is 55.6 Å². The largest absolute Gasteiger partial charge is 0.342 e. The summed E-state index contributed by atoms with van der Waals surface area (Å²) in [5.41, 5.74) is 0.449. The van der Waals surface area contributed by atoms with Gasteiger partial charge < -0.3 is 9.74 Å². The fraction of sp³-hybridized carbons (Fsp3) is 0.500. The lowest BCUT2D eigenvalue weighted by atomic mass is 9.98. The third-order valence-electron chi connectivity index (χ3n) is 3.50. The summed E-state index contributed by atoms with van der Waals surface area (Å²) in [6, 6.07) is 6.40. The molecule has 19 heavy (non-hydrogen) atoms. The fourth-order valence-corrected chi connectivity index (χ4v) is 2.48. The molecule has 1 unspecified atom stereocenters. The summed E-state index contributed by atoms with van der Waals surface area (Å²) in [5.74, 6) is 4.99. The van der Waals surface area contributed by atoms with E-state index in [1.807, 2.05) is 0 Å². The first-order chi connectivity index (χ1) is 9.20. The number of hydrogen-bond acceptors (Lipinski definition) is 3. The molecule has 2 N–H and O–H groups in total. The van der Waals surface area contributed by atoms with Gasteiger partial charge in [-0.25, -0.2) is 10.3 Å². The highest BCUT2D eigenvalue weighted by Gasteiger charge is 2.24. The molecular weight excluding hydrogens is 247 g/mol. The Bertz CT molecular complexity index is 437. The molecule has 1 fully saturated rings. The van der Waals surface area contributed by atoms with Crippen LogP contribution in [0, 0.1) is 11.7 Å². The van der Waals surface area contributed by atoms with Crippen molar-refractivity contribution >= 4 is 5.91 Å². The molecule has 2 rings (SSSR count). The molecule has 1 aromatic rings. The molecule has 1 aliphatic rings. The van der Waals surface area contributed by atoms with E-state index < -0.39 is 0 Å². The van der Waals surface area contributed by atoms with Gasteiger partial charge in [-0.05, 0) is 24.5 Å². The van der Waals surface area contributed by atoms with Gasteiger partial charge in [-0.1, -0.05) is 18.2 Å². The van der Waals surface area contributed by atoms with Crippen LogP contribution in [0.5, 0.6) is 0 Å². The Morgan fingerprint density at radius 2 is 2.26 bits per heavy atom. The number of piperidine rings is 1. The van der Waals surface area contributed by atoms with Gasteiger partial charge in [0.25, 0.3) is 0 Å². The van der Waals surface area contributed by atoms with Gasteiger partial charge >= 0.3 is 0 Å². The van der Waals surface area contributed by atoms with Gasteiger partial charge in [0.2, 0.25) is 5.91 Å². The fourth-order valence-electron chi connectivity index (χ4n) is 2.48. The van der Waals surface area contributed by atoms with Crippen LogP contribution in [0.2, 0.25) is 0 Å². The van der Waals surface area contributed by atoms with E-state index in [4.69, 9.17) is 5.90 Å². The van der Waals surface area contributed by atoms with E-state index in [0.29, 0.717) is 18.7 Å². The number of carbonyl (C=O) groups is 1. The molecule has 0 aromatic heterocycles. The highest BCUT2D eigenvalue weighted by molar-refractivity contribution is 5.78. The molecule has 0 radical (unpaired) electrons. The average Bonchev–Trinajstić information content (AvgIpc) is 2.42. The summed E-state index contributed by atoms with van der Waals surface area (Å²) in [5, 5.41) is 0. The van der Waals surface area contributed by atoms with Crippen molar-refractivity contribution in [2.45, 2.75) is 19.3 Å². The van der Waals surface area contributed by atoms with Crippen LogP contribution < -0.4 is 5.90 Å². The van der Waals surface area contributed by atoms with E-state index in [2.05, 4.69) is 4.84 Å². The van der Waals surface area contributed by atoms with Crippen LogP contribution in [0.3, 0.4) is 0 Å². The summed E-state index contributed by atoms with van der Waals surface area (Å²) >= 11 is 0. The number of hydrogen-bond donors (Lipinski definition) is 1. The van der Waals surface area contributed by atoms with Crippen molar-refractivity contribution in [1.82, 2.24) is 4.90 Å². The SMILES string of the molecule is NOCC1CCCN(C(=O)Cc2ccccc2F)C1. The van der Waals surface area contributed by atoms with Crippen LogP contribution in [0.1, 0.15) is 18.4 Å². The van der Waals surface area contributed by atoms with E-state index >= 15 is 0 Å². The summed E-state index contributed by atoms with van der Waals surface area (Å²) in [4.78, 5) is 18.6. The van der Waals surface area contributed by atoms with Crippen LogP contribution in [-0.4, -0.2) is 30.5 Å². The van der Waals surface area contributed by atoms with E-state index in [-0.39, 0.29) is 24.1 Å². The van der Waals surface area contributed by atoms with E-state index in [9.17, 15) is 9.18 Å². The van der Waals surface area contributed by atoms with E-state index in [1.165, 1.54) is 6.07 Å². The molecule has 1 aromatic carbocycles. The molecule has 1 heterocycles. The molecule has 1 saturated heterocycles. The Balaban J connectivity index is 1.94. The number of rotatable bonds is 4. The van der Waals surface area contributed by atoms with Crippen LogP contribution in [0.4, 0.5) is 4.39 Å². The second kappa shape index (κ2) is 6.63. The van der Waals surface area contributed by atoms with E-state index in [1.54, 1.807) is 23.1 Å². The minimum absolute atomic E-state index is 0.0354. The van der Waals surface area contributed by atoms with Crippen molar-refractivity contribution in [3.8, 4) is 0 Å². The maximum Gasteiger partial charge on any atom is 0.227 e. The first-order valence-corrected chi connectivity index (χ1v) is 6.53. The monoisotopic (exact) mass is 266 g/mol. The van der Waals surface area contributed by atoms with Gasteiger partial charge in [-0.2, -0.15) is 0 Å². The molecule has 0 saturated carbocycles. The quantitative estimate of drug-likeness (QED) is 0.840. The zero-order valence-corrected chi connectivity index (χ0v) is 10.8. The van der Waals surface area contributed by atoms with Crippen molar-refractivity contribution < 1.29 is 14.0 Å². The molecule has 104 valence electrons. The first kappa shape index (κ1) is 14.0. The lowest BCUT2D eigenvalue weighted by Gasteiger charge is -2.32. The normalized spacial score (nSPS) is 19.5. The molecule has 0 aliphatic carbocycles. The van der Waals surface area contributed by atoms with Crippen LogP contribution in [0.25, 0.3) is 0 Å². The van der Waals surface area contributed by atoms with Gasteiger partial charge in [-0.15, -0.1) is 0 Å². The standard InChI is InChI=1S/C14H19FN2O2/c15-13-6-2-1-5-12(13)8-14(18)17-7-3-4-11(9-17)10-19-16/h1-2,5-6,11H,3-4,7-10,16H2. The summed E-state index contributed by atoms with van der Waals surface area (Å²) in [7, 11) is 0. The number of nitrogens with two attached hydrogens (primary N) is 1. The summed E-state index contributed by atoms with van der Waals surface area (Å²) in [6.07, 6.45) is 2.07. The molecule has 5 heteroatoms. The smallest absolute Gasteiger partial charge is 0.227 e. The number of likely N-dealkylation sites (tertiary alicyclic amines) is 1. The predicted molar refractivity (Wildman–Crippen MR) is 69.5 cm³/mol. The molecular formula is C14H19FN2O2. The Morgan fingerprint density at radius 1 is 1.47 bits per heavy atom. The van der Waals surface area contributed by atoms with Gasteiger partial charge in [0, 0.05) is 19.0 Å². The number of benzene rings is 1. The Hall–Kier alpha value is -1.46. The van der Waals surface area contributed by atoms with E-state index in [0.717, 1.165) is 19.4 Å². The minimum atomic E-state index is -0.324. The highest BCUT2D eigenvalue weighted by atomic mass is 19.1. The van der Waals surface area contributed by atoms with Gasteiger partial charge in [0.1, 0.15) is 5.82 Å². The second-order valence-electron chi connectivity index (χ2n) is 4.95. The number of halogens is 1. The Kier molecular flexibility index (Phi) is 4.87. The number of carbonyl (C=O) groups excluding carboxylic acids is 1. The van der Waals surface area contributed by atoms with Crippen LogP contribution >= 0.6 is 0 Å². The van der Waals surface area contributed by atoms with Crippen molar-refractivity contribution in [3.63, 3.8) is 0 Å². The Labute approximate surface area is 112 Å². The van der Waals surface area contributed by atoms with Crippen LogP contribution in [0.15, 0.2) is 24.3 Å². The first-order valence-electron chi connectivity index (χ1n) is 6.53. The zero-order chi connectivity index (χ0) is 13.7. The van der Waals surface area contributed by atoms with Crippen molar-refractivity contribution in [3.05, 3.63) is 35.6 Å². The maximum atomic E-state index is 13.5. The van der Waals surface area contributed by atoms with Crippen LogP contribution in [-0.2, 0) is 16.1 Å². The van der Waals surface area contributed by atoms with Gasteiger partial charge in [-0.3, -0.25) is 4.79 Å². The van der Waals surface area contributed by atoms with Crippen molar-refractivity contribution in [2.75, 3.05) is 19.7 Å². The molecule has 1 atom stereocenters. The van der Waals surface area contributed by atoms with Gasteiger partial charge in [0.15, 0.2) is 0 Å². The summed E-state index contributed by atoms with van der Waals surface area (Å²) in [6.45, 7) is 1.84. The highest BCUT2D eigenvalue weighted by Crippen LogP contribution is 2.18. The Morgan fingerprint density at radius 3 is 3.00 bits per heavy atom. The molecule has 1 aliphatic heterocycles. The molecule has 4 nitrogen and oxygen atoms in total. The third kappa shape index (κ3) is 3.75. The molecule has 0 bridgehead atoms. The summed E-state index contributed by atoms with van der Waals surface area (Å²) < 4.78 is 13.5. The maximum absolute atomic E-state index is 13.5. The van der Waals surface area contributed by atoms with Crippen molar-refractivity contribution in [2.24, 2.45) is 11.8 Å². The average molecular weight is 266 g/mol. The molecule has 1 amide bonds. The van der Waals surface area contributed by atoms with Gasteiger partial charge in [0.05, 0.1) is 13.0 Å². The zero-order valence-electron chi connectivity index (χ0n) is 10.8. The van der Waals surface area contributed by atoms with Crippen molar-refractivity contribution in [1.29, 1.82) is 0 Å². The molecule has 0 spiro atoms. The minimum Gasteiger partial charge on any atom is -0.342 e. The second-order valence-corrected chi connectivity index (χ2v) is 4.95. The lowest BCUT2D eigenvalue weighted by Crippen LogP contribution is -2.42. The third-order valence-corrected chi connectivity index (χ3v) is 3.50. The number of amides is 1.